The van der Waals surface area contributed by atoms with Crippen molar-refractivity contribution in [1.29, 1.82) is 0 Å². The quantitative estimate of drug-likeness (QED) is 0.589. The van der Waals surface area contributed by atoms with Crippen LogP contribution in [0.2, 0.25) is 0 Å². The number of hydrogen-bond donors (Lipinski definition) is 0. The summed E-state index contributed by atoms with van der Waals surface area (Å²) < 4.78 is 12.8. The lowest BCUT2D eigenvalue weighted by atomic mass is 10.0. The first-order valence-corrected chi connectivity index (χ1v) is 4.69. The Morgan fingerprint density at radius 1 is 1.50 bits per heavy atom. The normalized spacial score (nSPS) is 21.0. The van der Waals surface area contributed by atoms with Gasteiger partial charge in [0.05, 0.1) is 0 Å². The third kappa shape index (κ3) is 1.22. The van der Waals surface area contributed by atoms with Gasteiger partial charge >= 0.3 is 0 Å². The van der Waals surface area contributed by atoms with Crippen molar-refractivity contribution in [2.75, 3.05) is 5.88 Å². The molecule has 0 amide bonds. The number of hydrogen-bond acceptors (Lipinski definition) is 0. The zero-order chi connectivity index (χ0) is 8.55. The van der Waals surface area contributed by atoms with E-state index in [4.69, 9.17) is 11.6 Å². The molecular weight excluding hydrogens is 175 g/mol. The Balaban J connectivity index is 2.40. The molecule has 2 heteroatoms. The molecule has 64 valence electrons. The van der Waals surface area contributed by atoms with Gasteiger partial charge in [-0.2, -0.15) is 0 Å². The molecule has 1 unspecified atom stereocenters. The monoisotopic (exact) mass is 184 g/mol. The minimum absolute atomic E-state index is 0.135. The van der Waals surface area contributed by atoms with Gasteiger partial charge in [-0.3, -0.25) is 0 Å². The minimum atomic E-state index is -0.135. The van der Waals surface area contributed by atoms with Crippen molar-refractivity contribution in [3.8, 4) is 0 Å². The summed E-state index contributed by atoms with van der Waals surface area (Å²) in [7, 11) is 0. The van der Waals surface area contributed by atoms with Gasteiger partial charge in [-0.05, 0) is 42.0 Å². The molecule has 0 fully saturated rings. The van der Waals surface area contributed by atoms with Crippen molar-refractivity contribution in [2.45, 2.75) is 18.8 Å². The summed E-state index contributed by atoms with van der Waals surface area (Å²) in [5.41, 5.74) is 2.38. The molecule has 2 rings (SSSR count). The van der Waals surface area contributed by atoms with E-state index in [1.165, 1.54) is 11.6 Å². The topological polar surface area (TPSA) is 0 Å². The molecule has 1 aliphatic rings. The van der Waals surface area contributed by atoms with Gasteiger partial charge in [-0.25, -0.2) is 4.39 Å². The largest absolute Gasteiger partial charge is 0.207 e. The average Bonchev–Trinajstić information content (AvgIpc) is 2.46. The number of alkyl halides is 1. The van der Waals surface area contributed by atoms with Crippen LogP contribution < -0.4 is 0 Å². The molecule has 1 aromatic carbocycles. The molecule has 0 spiro atoms. The van der Waals surface area contributed by atoms with E-state index < -0.39 is 0 Å². The van der Waals surface area contributed by atoms with Crippen LogP contribution in [0.1, 0.15) is 23.5 Å². The second kappa shape index (κ2) is 3.06. The molecule has 0 aliphatic heterocycles. The molecule has 0 radical (unpaired) electrons. The fraction of sp³-hybridized carbons (Fsp3) is 0.400. The van der Waals surface area contributed by atoms with Crippen LogP contribution in [0.5, 0.6) is 0 Å². The molecule has 1 atom stereocenters. The molecule has 0 saturated carbocycles. The van der Waals surface area contributed by atoms with Crippen LogP contribution in [0, 0.1) is 5.82 Å². The molecule has 0 nitrogen and oxygen atoms in total. The fourth-order valence-electron chi connectivity index (χ4n) is 1.83. The second-order valence-electron chi connectivity index (χ2n) is 3.23. The zero-order valence-corrected chi connectivity index (χ0v) is 7.44. The van der Waals surface area contributed by atoms with Crippen LogP contribution >= 0.6 is 11.6 Å². The SMILES string of the molecule is Fc1ccc2c(c1)CCC2CCl. The van der Waals surface area contributed by atoms with Crippen LogP contribution in [-0.4, -0.2) is 5.88 Å². The van der Waals surface area contributed by atoms with Crippen LogP contribution in [-0.2, 0) is 6.42 Å². The maximum absolute atomic E-state index is 12.8. The van der Waals surface area contributed by atoms with E-state index in [0.717, 1.165) is 18.4 Å². The lowest BCUT2D eigenvalue weighted by Gasteiger charge is -2.05. The van der Waals surface area contributed by atoms with Gasteiger partial charge in [-0.15, -0.1) is 11.6 Å². The molecule has 1 aliphatic carbocycles. The van der Waals surface area contributed by atoms with Gasteiger partial charge in [0, 0.05) is 5.88 Å². The predicted molar refractivity (Wildman–Crippen MR) is 48.2 cm³/mol. The van der Waals surface area contributed by atoms with E-state index in [0.29, 0.717) is 11.8 Å². The lowest BCUT2D eigenvalue weighted by Crippen LogP contribution is -1.93. The molecule has 12 heavy (non-hydrogen) atoms. The third-order valence-corrected chi connectivity index (χ3v) is 2.87. The molecule has 0 aromatic heterocycles. The Morgan fingerprint density at radius 3 is 3.08 bits per heavy atom. The first-order valence-electron chi connectivity index (χ1n) is 4.15. The maximum Gasteiger partial charge on any atom is 0.123 e. The highest BCUT2D eigenvalue weighted by molar-refractivity contribution is 6.18. The van der Waals surface area contributed by atoms with Crippen molar-refractivity contribution in [3.63, 3.8) is 0 Å². The smallest absolute Gasteiger partial charge is 0.123 e. The third-order valence-electron chi connectivity index (χ3n) is 2.49. The van der Waals surface area contributed by atoms with Crippen LogP contribution in [0.4, 0.5) is 4.39 Å². The summed E-state index contributed by atoms with van der Waals surface area (Å²) in [4.78, 5) is 0. The second-order valence-corrected chi connectivity index (χ2v) is 3.54. The molecular formula is C10H10ClF. The molecule has 0 bridgehead atoms. The zero-order valence-electron chi connectivity index (χ0n) is 6.69. The van der Waals surface area contributed by atoms with E-state index in [-0.39, 0.29) is 5.82 Å². The van der Waals surface area contributed by atoms with Crippen molar-refractivity contribution in [3.05, 3.63) is 35.1 Å². The number of aryl methyl sites for hydroxylation is 1. The molecule has 1 aromatic rings. The lowest BCUT2D eigenvalue weighted by molar-refractivity contribution is 0.626. The number of benzene rings is 1. The van der Waals surface area contributed by atoms with Crippen LogP contribution in [0.15, 0.2) is 18.2 Å². The first kappa shape index (κ1) is 8.06. The Morgan fingerprint density at radius 2 is 2.33 bits per heavy atom. The Bertz CT molecular complexity index is 296. The van der Waals surface area contributed by atoms with E-state index in [1.54, 1.807) is 6.07 Å². The minimum Gasteiger partial charge on any atom is -0.207 e. The van der Waals surface area contributed by atoms with Crippen molar-refractivity contribution in [1.82, 2.24) is 0 Å². The van der Waals surface area contributed by atoms with Crippen LogP contribution in [0.25, 0.3) is 0 Å². The van der Waals surface area contributed by atoms with Gasteiger partial charge in [0.2, 0.25) is 0 Å². The van der Waals surface area contributed by atoms with Crippen molar-refractivity contribution < 1.29 is 4.39 Å². The van der Waals surface area contributed by atoms with E-state index in [2.05, 4.69) is 0 Å². The van der Waals surface area contributed by atoms with Gasteiger partial charge in [0.15, 0.2) is 0 Å². The van der Waals surface area contributed by atoms with Gasteiger partial charge in [0.25, 0.3) is 0 Å². The van der Waals surface area contributed by atoms with E-state index in [1.807, 2.05) is 6.07 Å². The van der Waals surface area contributed by atoms with Gasteiger partial charge in [0.1, 0.15) is 5.82 Å². The highest BCUT2D eigenvalue weighted by Crippen LogP contribution is 2.33. The Hall–Kier alpha value is -0.560. The standard InChI is InChI=1S/C10H10ClF/c11-6-8-2-1-7-5-9(12)3-4-10(7)8/h3-5,8H,1-2,6H2. The average molecular weight is 185 g/mol. The maximum atomic E-state index is 12.8. The molecule has 0 saturated heterocycles. The molecule has 0 N–H and O–H groups in total. The summed E-state index contributed by atoms with van der Waals surface area (Å²) >= 11 is 5.78. The summed E-state index contributed by atoms with van der Waals surface area (Å²) in [6, 6.07) is 5.01. The van der Waals surface area contributed by atoms with Crippen LogP contribution in [0.3, 0.4) is 0 Å². The van der Waals surface area contributed by atoms with Crippen molar-refractivity contribution >= 4 is 11.6 Å². The Labute approximate surface area is 76.4 Å². The highest BCUT2D eigenvalue weighted by Gasteiger charge is 2.21. The predicted octanol–water partition coefficient (Wildman–Crippen LogP) is 3.09. The summed E-state index contributed by atoms with van der Waals surface area (Å²) in [6.07, 6.45) is 2.05. The van der Waals surface area contributed by atoms with Crippen molar-refractivity contribution in [2.24, 2.45) is 0 Å². The summed E-state index contributed by atoms with van der Waals surface area (Å²) in [5.74, 6) is 0.963. The number of rotatable bonds is 1. The highest BCUT2D eigenvalue weighted by atomic mass is 35.5. The molecule has 0 heterocycles. The Kier molecular flexibility index (Phi) is 2.05. The fourth-order valence-corrected chi connectivity index (χ4v) is 2.16. The van der Waals surface area contributed by atoms with E-state index in [9.17, 15) is 4.39 Å². The summed E-state index contributed by atoms with van der Waals surface area (Å²) in [6.45, 7) is 0. The van der Waals surface area contributed by atoms with E-state index >= 15 is 0 Å². The summed E-state index contributed by atoms with van der Waals surface area (Å²) in [5, 5.41) is 0. The number of halogens is 2. The van der Waals surface area contributed by atoms with Gasteiger partial charge < -0.3 is 0 Å². The number of fused-ring (bicyclic) bond motifs is 1. The first-order chi connectivity index (χ1) is 5.81. The van der Waals surface area contributed by atoms with Gasteiger partial charge in [-0.1, -0.05) is 6.07 Å².